The highest BCUT2D eigenvalue weighted by atomic mass is 19.3. The molecule has 0 aromatic carbocycles. The summed E-state index contributed by atoms with van der Waals surface area (Å²) >= 11 is 0. The van der Waals surface area contributed by atoms with Crippen LogP contribution in [-0.4, -0.2) is 17.6 Å². The number of hydrogen-bond acceptors (Lipinski definition) is 4. The number of ether oxygens (including phenoxy) is 1. The van der Waals surface area contributed by atoms with Gasteiger partial charge in [0.1, 0.15) is 6.26 Å². The average molecular weight is 205 g/mol. The number of rotatable bonds is 3. The Bertz CT molecular complexity index is 330. The van der Waals surface area contributed by atoms with E-state index in [0.29, 0.717) is 6.92 Å². The van der Waals surface area contributed by atoms with Gasteiger partial charge in [0.05, 0.1) is 6.61 Å². The summed E-state index contributed by atoms with van der Waals surface area (Å²) in [6, 6.07) is 0. The van der Waals surface area contributed by atoms with Gasteiger partial charge in [-0.2, -0.15) is 8.78 Å². The summed E-state index contributed by atoms with van der Waals surface area (Å²) < 4.78 is 34.2. The van der Waals surface area contributed by atoms with Gasteiger partial charge in [-0.25, -0.2) is 9.78 Å². The second-order valence-electron chi connectivity index (χ2n) is 2.65. The number of halogens is 2. The van der Waals surface area contributed by atoms with Crippen molar-refractivity contribution in [2.75, 3.05) is 6.61 Å². The van der Waals surface area contributed by atoms with Crippen LogP contribution in [0.2, 0.25) is 0 Å². The van der Waals surface area contributed by atoms with Gasteiger partial charge in [0.2, 0.25) is 0 Å². The van der Waals surface area contributed by atoms with Crippen LogP contribution in [0, 0.1) is 0 Å². The third-order valence-electron chi connectivity index (χ3n) is 1.36. The monoisotopic (exact) mass is 205 g/mol. The lowest BCUT2D eigenvalue weighted by Gasteiger charge is -2.02. The summed E-state index contributed by atoms with van der Waals surface area (Å²) in [6.45, 7) is 2.39. The molecule has 4 nitrogen and oxygen atoms in total. The Kier molecular flexibility index (Phi) is 2.83. The van der Waals surface area contributed by atoms with Crippen LogP contribution >= 0.6 is 0 Å². The van der Waals surface area contributed by atoms with Crippen molar-refractivity contribution >= 4 is 5.97 Å². The molecule has 1 heterocycles. The van der Waals surface area contributed by atoms with Crippen LogP contribution in [0.15, 0.2) is 10.7 Å². The molecule has 0 fully saturated rings. The highest BCUT2D eigenvalue weighted by Gasteiger charge is 2.31. The number of carbonyl (C=O) groups is 1. The molecular formula is C8H9F2NO3. The Morgan fingerprint density at radius 2 is 2.36 bits per heavy atom. The van der Waals surface area contributed by atoms with E-state index in [2.05, 4.69) is 14.1 Å². The van der Waals surface area contributed by atoms with E-state index in [-0.39, 0.29) is 12.3 Å². The third kappa shape index (κ3) is 2.27. The van der Waals surface area contributed by atoms with Gasteiger partial charge in [-0.15, -0.1) is 0 Å². The molecule has 0 bridgehead atoms. The highest BCUT2D eigenvalue weighted by molar-refractivity contribution is 5.86. The normalized spacial score (nSPS) is 11.4. The first-order valence-corrected chi connectivity index (χ1v) is 3.96. The number of nitrogens with zero attached hydrogens (tertiary/aromatic N) is 1. The van der Waals surface area contributed by atoms with Crippen LogP contribution in [0.4, 0.5) is 8.78 Å². The van der Waals surface area contributed by atoms with E-state index >= 15 is 0 Å². The van der Waals surface area contributed by atoms with Crippen molar-refractivity contribution in [1.29, 1.82) is 0 Å². The number of oxazole rings is 1. The first-order valence-electron chi connectivity index (χ1n) is 3.96. The maximum absolute atomic E-state index is 12.6. The maximum Gasteiger partial charge on any atom is 0.360 e. The molecule has 0 saturated carbocycles. The van der Waals surface area contributed by atoms with E-state index in [0.717, 1.165) is 6.26 Å². The predicted molar refractivity (Wildman–Crippen MR) is 42.0 cm³/mol. The van der Waals surface area contributed by atoms with Crippen LogP contribution in [0.1, 0.15) is 30.2 Å². The fourth-order valence-corrected chi connectivity index (χ4v) is 0.774. The lowest BCUT2D eigenvalue weighted by Crippen LogP contribution is -2.09. The zero-order valence-corrected chi connectivity index (χ0v) is 7.71. The SMILES string of the molecule is CCOC(=O)c1coc(C(C)(F)F)n1. The topological polar surface area (TPSA) is 52.3 Å². The second-order valence-corrected chi connectivity index (χ2v) is 2.65. The fourth-order valence-electron chi connectivity index (χ4n) is 0.774. The molecule has 0 spiro atoms. The largest absolute Gasteiger partial charge is 0.461 e. The lowest BCUT2D eigenvalue weighted by molar-refractivity contribution is -0.0109. The number of aromatic nitrogens is 1. The van der Waals surface area contributed by atoms with Gasteiger partial charge in [0.15, 0.2) is 5.69 Å². The van der Waals surface area contributed by atoms with E-state index in [9.17, 15) is 13.6 Å². The Hall–Kier alpha value is -1.46. The quantitative estimate of drug-likeness (QED) is 0.708. The first-order chi connectivity index (χ1) is 6.45. The van der Waals surface area contributed by atoms with Crippen molar-refractivity contribution in [1.82, 2.24) is 4.98 Å². The number of carbonyl (C=O) groups excluding carboxylic acids is 1. The van der Waals surface area contributed by atoms with Gasteiger partial charge in [0.25, 0.3) is 5.89 Å². The van der Waals surface area contributed by atoms with Crippen LogP contribution in [-0.2, 0) is 10.7 Å². The summed E-state index contributed by atoms with van der Waals surface area (Å²) in [5.41, 5.74) is -0.247. The summed E-state index contributed by atoms with van der Waals surface area (Å²) in [5, 5.41) is 0. The Morgan fingerprint density at radius 3 is 2.79 bits per heavy atom. The second kappa shape index (κ2) is 3.73. The molecule has 78 valence electrons. The zero-order valence-electron chi connectivity index (χ0n) is 7.71. The molecule has 6 heteroatoms. The van der Waals surface area contributed by atoms with Crippen LogP contribution in [0.3, 0.4) is 0 Å². The van der Waals surface area contributed by atoms with Gasteiger partial charge < -0.3 is 9.15 Å². The third-order valence-corrected chi connectivity index (χ3v) is 1.36. The Morgan fingerprint density at radius 1 is 1.71 bits per heavy atom. The van der Waals surface area contributed by atoms with Crippen LogP contribution in [0.5, 0.6) is 0 Å². The summed E-state index contributed by atoms with van der Waals surface area (Å²) in [4.78, 5) is 14.3. The zero-order chi connectivity index (χ0) is 10.8. The standard InChI is InChI=1S/C8H9F2NO3/c1-3-13-6(12)5-4-14-7(11-5)8(2,9)10/h4H,3H2,1-2H3. The Labute approximate surface area is 78.9 Å². The van der Waals surface area contributed by atoms with Gasteiger partial charge in [-0.05, 0) is 6.92 Å². The highest BCUT2D eigenvalue weighted by Crippen LogP contribution is 2.25. The summed E-state index contributed by atoms with van der Waals surface area (Å²) in [6.07, 6.45) is 0.852. The molecular weight excluding hydrogens is 196 g/mol. The minimum Gasteiger partial charge on any atom is -0.461 e. The molecule has 0 saturated heterocycles. The van der Waals surface area contributed by atoms with E-state index in [4.69, 9.17) is 0 Å². The van der Waals surface area contributed by atoms with Gasteiger partial charge in [0, 0.05) is 6.92 Å². The molecule has 1 rings (SSSR count). The molecule has 0 N–H and O–H groups in total. The molecule has 0 aliphatic heterocycles. The molecule has 0 aliphatic carbocycles. The summed E-state index contributed by atoms with van der Waals surface area (Å²) in [5.74, 6) is -4.75. The molecule has 1 aromatic heterocycles. The molecule has 0 atom stereocenters. The predicted octanol–water partition coefficient (Wildman–Crippen LogP) is 1.96. The molecule has 0 aliphatic rings. The minimum absolute atomic E-state index is 0.156. The molecule has 1 aromatic rings. The van der Waals surface area contributed by atoms with E-state index in [1.165, 1.54) is 0 Å². The molecule has 0 amide bonds. The van der Waals surface area contributed by atoms with Gasteiger partial charge in [-0.1, -0.05) is 0 Å². The maximum atomic E-state index is 12.6. The van der Waals surface area contributed by atoms with E-state index < -0.39 is 17.8 Å². The van der Waals surface area contributed by atoms with Crippen LogP contribution < -0.4 is 0 Å². The Balaban J connectivity index is 2.83. The van der Waals surface area contributed by atoms with E-state index in [1.54, 1.807) is 6.92 Å². The van der Waals surface area contributed by atoms with Gasteiger partial charge >= 0.3 is 11.9 Å². The van der Waals surface area contributed by atoms with Crippen molar-refractivity contribution in [2.24, 2.45) is 0 Å². The van der Waals surface area contributed by atoms with Crippen molar-refractivity contribution in [3.05, 3.63) is 17.8 Å². The van der Waals surface area contributed by atoms with Crippen molar-refractivity contribution in [3.8, 4) is 0 Å². The minimum atomic E-state index is -3.19. The number of alkyl halides is 2. The molecule has 0 unspecified atom stereocenters. The average Bonchev–Trinajstić information content (AvgIpc) is 2.51. The lowest BCUT2D eigenvalue weighted by atomic mass is 10.4. The number of hydrogen-bond donors (Lipinski definition) is 0. The van der Waals surface area contributed by atoms with Crippen LogP contribution in [0.25, 0.3) is 0 Å². The smallest absolute Gasteiger partial charge is 0.360 e. The van der Waals surface area contributed by atoms with Gasteiger partial charge in [-0.3, -0.25) is 0 Å². The van der Waals surface area contributed by atoms with Crippen molar-refractivity contribution in [3.63, 3.8) is 0 Å². The number of esters is 1. The molecule has 0 radical (unpaired) electrons. The first kappa shape index (κ1) is 10.6. The molecule has 14 heavy (non-hydrogen) atoms. The van der Waals surface area contributed by atoms with E-state index in [1.807, 2.05) is 0 Å². The fraction of sp³-hybridized carbons (Fsp3) is 0.500. The van der Waals surface area contributed by atoms with Crippen molar-refractivity contribution < 1.29 is 22.7 Å². The van der Waals surface area contributed by atoms with Crippen molar-refractivity contribution in [2.45, 2.75) is 19.8 Å². The summed E-state index contributed by atoms with van der Waals surface area (Å²) in [7, 11) is 0.